The van der Waals surface area contributed by atoms with Gasteiger partial charge in [-0.3, -0.25) is 15.1 Å². The number of nitrogens with two attached hydrogens (primary N) is 1. The number of rotatable bonds is 6. The summed E-state index contributed by atoms with van der Waals surface area (Å²) in [4.78, 5) is 13.6. The van der Waals surface area contributed by atoms with Crippen LogP contribution in [-0.2, 0) is 6.54 Å². The molecule has 1 heterocycles. The second-order valence-corrected chi connectivity index (χ2v) is 5.33. The summed E-state index contributed by atoms with van der Waals surface area (Å²) in [6.07, 6.45) is 2.09. The first kappa shape index (κ1) is 15.1. The number of hydrazine groups is 1. The number of carbonyl (C=O) groups excluding carboxylic acids is 1. The molecule has 1 unspecified atom stereocenters. The van der Waals surface area contributed by atoms with E-state index in [2.05, 4.69) is 23.5 Å². The second-order valence-electron chi connectivity index (χ2n) is 4.42. The van der Waals surface area contributed by atoms with E-state index in [9.17, 15) is 4.79 Å². The summed E-state index contributed by atoms with van der Waals surface area (Å²) in [6, 6.07) is 2.34. The summed E-state index contributed by atoms with van der Waals surface area (Å²) in [7, 11) is 2.04. The normalized spacial score (nSPS) is 12.8. The van der Waals surface area contributed by atoms with Gasteiger partial charge in [0.2, 0.25) is 0 Å². The molecule has 0 saturated carbocycles. The average molecular weight is 271 g/mol. The highest BCUT2D eigenvalue weighted by Crippen LogP contribution is 2.17. The minimum Gasteiger partial charge on any atom is -0.454 e. The molecule has 0 spiro atoms. The fourth-order valence-electron chi connectivity index (χ4n) is 1.69. The summed E-state index contributed by atoms with van der Waals surface area (Å²) in [5, 5.41) is 0. The Hall–Kier alpha value is -0.980. The average Bonchev–Trinajstić information content (AvgIpc) is 2.69. The van der Waals surface area contributed by atoms with Gasteiger partial charge < -0.3 is 4.42 Å². The second kappa shape index (κ2) is 6.82. The van der Waals surface area contributed by atoms with E-state index in [0.29, 0.717) is 18.3 Å². The van der Waals surface area contributed by atoms with E-state index >= 15 is 0 Å². The minimum absolute atomic E-state index is 0.290. The van der Waals surface area contributed by atoms with Crippen molar-refractivity contribution in [2.24, 2.45) is 5.84 Å². The third-order valence-corrected chi connectivity index (χ3v) is 3.69. The SMILES string of the molecule is CSCC(C)N(C)Cc1cc(C)c(C(=O)NN)o1. The molecule has 1 amide bonds. The van der Waals surface area contributed by atoms with Gasteiger partial charge in [-0.2, -0.15) is 11.8 Å². The summed E-state index contributed by atoms with van der Waals surface area (Å²) < 4.78 is 5.53. The molecule has 102 valence electrons. The van der Waals surface area contributed by atoms with Gasteiger partial charge in [0.15, 0.2) is 5.76 Å². The Balaban J connectivity index is 2.71. The molecule has 5 nitrogen and oxygen atoms in total. The number of nitrogen functional groups attached to an aromatic ring is 1. The first-order valence-electron chi connectivity index (χ1n) is 5.79. The number of amides is 1. The third kappa shape index (κ3) is 3.76. The van der Waals surface area contributed by atoms with Gasteiger partial charge in [0.25, 0.3) is 0 Å². The molecule has 0 bridgehead atoms. The number of nitrogens with zero attached hydrogens (tertiary/aromatic N) is 1. The predicted octanol–water partition coefficient (Wildman–Crippen LogP) is 1.37. The number of furan rings is 1. The lowest BCUT2D eigenvalue weighted by Crippen LogP contribution is -2.30. The van der Waals surface area contributed by atoms with E-state index < -0.39 is 5.91 Å². The third-order valence-electron chi connectivity index (χ3n) is 2.87. The van der Waals surface area contributed by atoms with Crippen LogP contribution in [0.15, 0.2) is 10.5 Å². The lowest BCUT2D eigenvalue weighted by atomic mass is 10.2. The Kier molecular flexibility index (Phi) is 5.71. The molecule has 0 saturated heterocycles. The first-order valence-corrected chi connectivity index (χ1v) is 7.18. The van der Waals surface area contributed by atoms with Gasteiger partial charge >= 0.3 is 5.91 Å². The van der Waals surface area contributed by atoms with E-state index in [1.54, 1.807) is 0 Å². The monoisotopic (exact) mass is 271 g/mol. The Morgan fingerprint density at radius 3 is 2.89 bits per heavy atom. The van der Waals surface area contributed by atoms with Crippen molar-refractivity contribution in [3.63, 3.8) is 0 Å². The summed E-state index contributed by atoms with van der Waals surface area (Å²) in [5.41, 5.74) is 2.89. The van der Waals surface area contributed by atoms with Crippen LogP contribution in [0.1, 0.15) is 28.8 Å². The molecule has 1 aromatic heterocycles. The lowest BCUT2D eigenvalue weighted by molar-refractivity contribution is 0.0921. The smallest absolute Gasteiger partial charge is 0.301 e. The standard InChI is InChI=1S/C12H21N3O2S/c1-8-5-10(17-11(8)12(16)14-13)6-15(3)9(2)7-18-4/h5,9H,6-7,13H2,1-4H3,(H,14,16). The van der Waals surface area contributed by atoms with Gasteiger partial charge in [-0.15, -0.1) is 0 Å². The predicted molar refractivity (Wildman–Crippen MR) is 74.4 cm³/mol. The van der Waals surface area contributed by atoms with Crippen molar-refractivity contribution in [1.29, 1.82) is 0 Å². The quantitative estimate of drug-likeness (QED) is 0.464. The first-order chi connectivity index (χ1) is 8.49. The molecule has 1 rings (SSSR count). The van der Waals surface area contributed by atoms with E-state index in [1.165, 1.54) is 0 Å². The molecule has 1 atom stereocenters. The van der Waals surface area contributed by atoms with Crippen molar-refractivity contribution in [1.82, 2.24) is 10.3 Å². The molecule has 18 heavy (non-hydrogen) atoms. The van der Waals surface area contributed by atoms with Crippen LogP contribution >= 0.6 is 11.8 Å². The maximum atomic E-state index is 11.4. The minimum atomic E-state index is -0.390. The zero-order valence-electron chi connectivity index (χ0n) is 11.3. The van der Waals surface area contributed by atoms with Crippen molar-refractivity contribution in [2.45, 2.75) is 26.4 Å². The topological polar surface area (TPSA) is 71.5 Å². The van der Waals surface area contributed by atoms with Crippen LogP contribution in [-0.4, -0.2) is 35.9 Å². The lowest BCUT2D eigenvalue weighted by Gasteiger charge is -2.22. The number of aryl methyl sites for hydroxylation is 1. The maximum Gasteiger partial charge on any atom is 0.301 e. The molecule has 1 aromatic rings. The van der Waals surface area contributed by atoms with Crippen LogP contribution in [0.5, 0.6) is 0 Å². The maximum absolute atomic E-state index is 11.4. The highest BCUT2D eigenvalue weighted by atomic mass is 32.2. The Bertz CT molecular complexity index is 406. The van der Waals surface area contributed by atoms with Gasteiger partial charge in [-0.1, -0.05) is 0 Å². The van der Waals surface area contributed by atoms with Crippen LogP contribution in [0, 0.1) is 6.92 Å². The number of hydrogen-bond donors (Lipinski definition) is 2. The van der Waals surface area contributed by atoms with Gasteiger partial charge in [0.1, 0.15) is 5.76 Å². The molecular formula is C12H21N3O2S. The van der Waals surface area contributed by atoms with Crippen molar-refractivity contribution >= 4 is 17.7 Å². The van der Waals surface area contributed by atoms with Crippen molar-refractivity contribution in [2.75, 3.05) is 19.1 Å². The highest BCUT2D eigenvalue weighted by molar-refractivity contribution is 7.98. The van der Waals surface area contributed by atoms with Crippen LogP contribution in [0.25, 0.3) is 0 Å². The largest absolute Gasteiger partial charge is 0.454 e. The van der Waals surface area contributed by atoms with Crippen LogP contribution < -0.4 is 11.3 Å². The number of hydrogen-bond acceptors (Lipinski definition) is 5. The number of nitrogens with one attached hydrogen (secondary N) is 1. The van der Waals surface area contributed by atoms with Crippen molar-refractivity contribution in [3.05, 3.63) is 23.2 Å². The van der Waals surface area contributed by atoms with Crippen LogP contribution in [0.3, 0.4) is 0 Å². The van der Waals surface area contributed by atoms with E-state index in [0.717, 1.165) is 17.1 Å². The molecule has 0 fully saturated rings. The highest BCUT2D eigenvalue weighted by Gasteiger charge is 2.17. The van der Waals surface area contributed by atoms with Gasteiger partial charge in [0, 0.05) is 17.4 Å². The summed E-state index contributed by atoms with van der Waals surface area (Å²) >= 11 is 1.81. The van der Waals surface area contributed by atoms with Gasteiger partial charge in [-0.05, 0) is 33.2 Å². The van der Waals surface area contributed by atoms with E-state index in [4.69, 9.17) is 10.3 Å². The van der Waals surface area contributed by atoms with Gasteiger partial charge in [0.05, 0.1) is 6.54 Å². The molecule has 0 aliphatic heterocycles. The van der Waals surface area contributed by atoms with E-state index in [1.807, 2.05) is 31.8 Å². The molecule has 0 aromatic carbocycles. The molecule has 0 aliphatic carbocycles. The van der Waals surface area contributed by atoms with E-state index in [-0.39, 0.29) is 0 Å². The number of thioether (sulfide) groups is 1. The molecule has 6 heteroatoms. The summed E-state index contributed by atoms with van der Waals surface area (Å²) in [6.45, 7) is 4.68. The van der Waals surface area contributed by atoms with Crippen LogP contribution in [0.2, 0.25) is 0 Å². The fourth-order valence-corrected chi connectivity index (χ4v) is 2.42. The Labute approximate surface area is 112 Å². The zero-order chi connectivity index (χ0) is 13.7. The van der Waals surface area contributed by atoms with Crippen LogP contribution in [0.4, 0.5) is 0 Å². The summed E-state index contributed by atoms with van der Waals surface area (Å²) in [5.74, 6) is 6.84. The zero-order valence-corrected chi connectivity index (χ0v) is 12.1. The Morgan fingerprint density at radius 1 is 1.67 bits per heavy atom. The molecule has 0 radical (unpaired) electrons. The molecule has 3 N–H and O–H groups in total. The van der Waals surface area contributed by atoms with Crippen molar-refractivity contribution in [3.8, 4) is 0 Å². The molecular weight excluding hydrogens is 250 g/mol. The fraction of sp³-hybridized carbons (Fsp3) is 0.583. The molecule has 0 aliphatic rings. The number of carbonyl (C=O) groups is 1. The van der Waals surface area contributed by atoms with Crippen molar-refractivity contribution < 1.29 is 9.21 Å². The van der Waals surface area contributed by atoms with Gasteiger partial charge in [-0.25, -0.2) is 5.84 Å². The Morgan fingerprint density at radius 2 is 2.33 bits per heavy atom.